The van der Waals surface area contributed by atoms with Crippen LogP contribution in [0.1, 0.15) is 11.1 Å². The molecule has 0 atom stereocenters. The van der Waals surface area contributed by atoms with Crippen molar-refractivity contribution in [3.05, 3.63) is 87.9 Å². The van der Waals surface area contributed by atoms with E-state index in [4.69, 9.17) is 32.2 Å². The topological polar surface area (TPSA) is 47.6 Å². The Morgan fingerprint density at radius 1 is 0.815 bits per heavy atom. The first-order valence-corrected chi connectivity index (χ1v) is 10.5. The third kappa shape index (κ3) is 5.43. The zero-order valence-corrected chi connectivity index (χ0v) is 17.2. The van der Waals surface area contributed by atoms with Crippen LogP contribution in [0.25, 0.3) is 0 Å². The number of benzene rings is 3. The lowest BCUT2D eigenvalue weighted by Gasteiger charge is -2.22. The van der Waals surface area contributed by atoms with E-state index in [0.717, 1.165) is 11.1 Å². The Hall–Kier alpha value is -2.13. The molecule has 140 valence electrons. The number of halogens is 2. The van der Waals surface area contributed by atoms with E-state index >= 15 is 0 Å². The first kappa shape index (κ1) is 19.6. The SMILES string of the molecule is Cc1cccc(OP(=O)(Nc2ccc(Cl)cc2Cl)Oc2cccc(C)c2)c1. The molecule has 0 bridgehead atoms. The van der Waals surface area contributed by atoms with E-state index in [-0.39, 0.29) is 0 Å². The van der Waals surface area contributed by atoms with Gasteiger partial charge < -0.3 is 9.05 Å². The van der Waals surface area contributed by atoms with Gasteiger partial charge in [-0.25, -0.2) is 4.57 Å². The molecule has 0 unspecified atom stereocenters. The van der Waals surface area contributed by atoms with Crippen molar-refractivity contribution in [3.8, 4) is 11.5 Å². The fourth-order valence-corrected chi connectivity index (χ4v) is 4.34. The van der Waals surface area contributed by atoms with Crippen LogP contribution in [0.5, 0.6) is 11.5 Å². The molecule has 0 fully saturated rings. The lowest BCUT2D eigenvalue weighted by Crippen LogP contribution is -2.10. The molecule has 0 aliphatic carbocycles. The van der Waals surface area contributed by atoms with Crippen LogP contribution in [0.15, 0.2) is 66.7 Å². The molecule has 0 aromatic heterocycles. The van der Waals surface area contributed by atoms with E-state index in [1.807, 2.05) is 38.1 Å². The summed E-state index contributed by atoms with van der Waals surface area (Å²) in [7, 11) is -3.84. The van der Waals surface area contributed by atoms with E-state index in [1.165, 1.54) is 0 Å². The van der Waals surface area contributed by atoms with Crippen LogP contribution in [0.3, 0.4) is 0 Å². The minimum Gasteiger partial charge on any atom is -0.400 e. The van der Waals surface area contributed by atoms with Gasteiger partial charge in [-0.15, -0.1) is 0 Å². The maximum Gasteiger partial charge on any atom is 0.541 e. The number of hydrogen-bond donors (Lipinski definition) is 1. The molecule has 0 spiro atoms. The van der Waals surface area contributed by atoms with Crippen LogP contribution in [-0.2, 0) is 4.57 Å². The van der Waals surface area contributed by atoms with E-state index in [2.05, 4.69) is 5.09 Å². The minimum absolute atomic E-state index is 0.309. The molecular weight excluding hydrogens is 404 g/mol. The van der Waals surface area contributed by atoms with Gasteiger partial charge in [0.05, 0.1) is 10.7 Å². The number of nitrogens with one attached hydrogen (secondary N) is 1. The van der Waals surface area contributed by atoms with Gasteiger partial charge in [0.25, 0.3) is 0 Å². The smallest absolute Gasteiger partial charge is 0.400 e. The molecule has 0 heterocycles. The summed E-state index contributed by atoms with van der Waals surface area (Å²) < 4.78 is 25.0. The molecule has 0 saturated heterocycles. The van der Waals surface area contributed by atoms with Gasteiger partial charge in [-0.05, 0) is 67.4 Å². The molecular formula is C20H18Cl2NO3P. The van der Waals surface area contributed by atoms with Gasteiger partial charge >= 0.3 is 7.75 Å². The molecule has 3 rings (SSSR count). The second-order valence-corrected chi connectivity index (χ2v) is 8.48. The fourth-order valence-electron chi connectivity index (χ4n) is 2.41. The van der Waals surface area contributed by atoms with Crippen molar-refractivity contribution in [2.75, 3.05) is 5.09 Å². The van der Waals surface area contributed by atoms with Crippen LogP contribution in [0.4, 0.5) is 5.69 Å². The highest BCUT2D eigenvalue weighted by atomic mass is 35.5. The van der Waals surface area contributed by atoms with Gasteiger partial charge in [-0.1, -0.05) is 47.5 Å². The highest BCUT2D eigenvalue weighted by Gasteiger charge is 2.30. The molecule has 0 saturated carbocycles. The van der Waals surface area contributed by atoms with E-state index < -0.39 is 7.75 Å². The lowest BCUT2D eigenvalue weighted by molar-refractivity contribution is 0.392. The summed E-state index contributed by atoms with van der Waals surface area (Å²) in [4.78, 5) is 0. The molecule has 1 N–H and O–H groups in total. The second kappa shape index (κ2) is 8.26. The van der Waals surface area contributed by atoms with Gasteiger partial charge in [0.15, 0.2) is 0 Å². The third-order valence-corrected chi connectivity index (χ3v) is 5.58. The summed E-state index contributed by atoms with van der Waals surface area (Å²) in [6, 6.07) is 19.3. The average Bonchev–Trinajstić information content (AvgIpc) is 2.57. The number of anilines is 1. The maximum absolute atomic E-state index is 13.5. The van der Waals surface area contributed by atoms with Crippen LogP contribution in [-0.4, -0.2) is 0 Å². The average molecular weight is 422 g/mol. The van der Waals surface area contributed by atoms with E-state index in [0.29, 0.717) is 27.2 Å². The van der Waals surface area contributed by atoms with Crippen molar-refractivity contribution in [1.29, 1.82) is 0 Å². The van der Waals surface area contributed by atoms with Gasteiger partial charge in [0, 0.05) is 5.02 Å². The van der Waals surface area contributed by atoms with Crippen molar-refractivity contribution in [2.45, 2.75) is 13.8 Å². The molecule has 3 aromatic carbocycles. The van der Waals surface area contributed by atoms with E-state index in [9.17, 15) is 4.57 Å². The zero-order chi connectivity index (χ0) is 19.4. The highest BCUT2D eigenvalue weighted by molar-refractivity contribution is 7.56. The molecule has 3 aromatic rings. The maximum atomic E-state index is 13.5. The molecule has 27 heavy (non-hydrogen) atoms. The molecule has 0 radical (unpaired) electrons. The zero-order valence-electron chi connectivity index (χ0n) is 14.8. The molecule has 4 nitrogen and oxygen atoms in total. The van der Waals surface area contributed by atoms with Gasteiger partial charge in [-0.3, -0.25) is 5.09 Å². The molecule has 0 amide bonds. The monoisotopic (exact) mass is 421 g/mol. The standard InChI is InChI=1S/C20H18Cl2NO3P/c1-14-5-3-7-17(11-14)25-27(24,26-18-8-4-6-15(2)12-18)23-20-10-9-16(21)13-19(20)22/h3-13H,1-2H3,(H,23,24). The van der Waals surface area contributed by atoms with Gasteiger partial charge in [0.2, 0.25) is 0 Å². The number of rotatable bonds is 6. The fraction of sp³-hybridized carbons (Fsp3) is 0.100. The third-order valence-electron chi connectivity index (χ3n) is 3.62. The first-order valence-electron chi connectivity index (χ1n) is 8.19. The van der Waals surface area contributed by atoms with Crippen LogP contribution < -0.4 is 14.1 Å². The Morgan fingerprint density at radius 3 is 1.85 bits per heavy atom. The van der Waals surface area contributed by atoms with Crippen LogP contribution in [0, 0.1) is 13.8 Å². The Kier molecular flexibility index (Phi) is 6.01. The summed E-state index contributed by atoms with van der Waals surface area (Å²) >= 11 is 12.2. The number of hydrogen-bond acceptors (Lipinski definition) is 3. The molecule has 7 heteroatoms. The van der Waals surface area contributed by atoms with Crippen LogP contribution >= 0.6 is 30.9 Å². The van der Waals surface area contributed by atoms with Crippen molar-refractivity contribution in [1.82, 2.24) is 0 Å². The predicted octanol–water partition coefficient (Wildman–Crippen LogP) is 7.29. The summed E-state index contributed by atoms with van der Waals surface area (Å²) in [5, 5.41) is 3.59. The number of aryl methyl sites for hydroxylation is 2. The quantitative estimate of drug-likeness (QED) is 0.424. The summed E-state index contributed by atoms with van der Waals surface area (Å²) in [6.07, 6.45) is 0. The van der Waals surface area contributed by atoms with Crippen molar-refractivity contribution in [3.63, 3.8) is 0 Å². The summed E-state index contributed by atoms with van der Waals surface area (Å²) in [5.74, 6) is 0.840. The normalized spacial score (nSPS) is 11.1. The highest BCUT2D eigenvalue weighted by Crippen LogP contribution is 2.49. The van der Waals surface area contributed by atoms with Crippen molar-refractivity contribution in [2.24, 2.45) is 0 Å². The summed E-state index contributed by atoms with van der Waals surface area (Å²) in [5.41, 5.74) is 2.34. The van der Waals surface area contributed by atoms with E-state index in [1.54, 1.807) is 42.5 Å². The van der Waals surface area contributed by atoms with Gasteiger partial charge in [0.1, 0.15) is 11.5 Å². The second-order valence-electron chi connectivity index (χ2n) is 6.05. The predicted molar refractivity (Wildman–Crippen MR) is 111 cm³/mol. The Bertz CT molecular complexity index is 959. The van der Waals surface area contributed by atoms with Crippen molar-refractivity contribution < 1.29 is 13.6 Å². The molecule has 0 aliphatic heterocycles. The van der Waals surface area contributed by atoms with Crippen LogP contribution in [0.2, 0.25) is 10.0 Å². The Balaban J connectivity index is 1.95. The van der Waals surface area contributed by atoms with Crippen molar-refractivity contribution >= 4 is 36.6 Å². The Labute approximate surface area is 168 Å². The minimum atomic E-state index is -3.84. The Morgan fingerprint density at radius 2 is 1.37 bits per heavy atom. The summed E-state index contributed by atoms with van der Waals surface area (Å²) in [6.45, 7) is 3.84. The lowest BCUT2D eigenvalue weighted by atomic mass is 10.2. The largest absolute Gasteiger partial charge is 0.541 e. The first-order chi connectivity index (χ1) is 12.8. The molecule has 0 aliphatic rings. The van der Waals surface area contributed by atoms with Gasteiger partial charge in [-0.2, -0.15) is 0 Å².